The molecule has 0 atom stereocenters. The molecule has 0 saturated carbocycles. The molecule has 0 spiro atoms. The summed E-state index contributed by atoms with van der Waals surface area (Å²) in [6, 6.07) is 6.41. The van der Waals surface area contributed by atoms with Crippen LogP contribution in [-0.4, -0.2) is 44.1 Å². The predicted molar refractivity (Wildman–Crippen MR) is 142 cm³/mol. The minimum Gasteiger partial charge on any atom is -0.352 e. The number of hydrogen-bond acceptors (Lipinski definition) is 5. The van der Waals surface area contributed by atoms with Gasteiger partial charge in [-0.25, -0.2) is 0 Å². The van der Waals surface area contributed by atoms with E-state index in [-0.39, 0.29) is 0 Å². The number of allylic oxidation sites excluding steroid dienone is 1. The van der Waals surface area contributed by atoms with Crippen molar-refractivity contribution in [3.63, 3.8) is 0 Å². The Labute approximate surface area is 202 Å². The van der Waals surface area contributed by atoms with E-state index in [9.17, 15) is 0 Å². The second-order valence-corrected chi connectivity index (χ2v) is 9.30. The lowest BCUT2D eigenvalue weighted by atomic mass is 10.0. The Morgan fingerprint density at radius 2 is 2.00 bits per heavy atom. The number of H-pyrrole nitrogens is 2. The summed E-state index contributed by atoms with van der Waals surface area (Å²) in [7, 11) is 4.10. The molecule has 0 aromatic carbocycles. The average molecular weight is 467 g/mol. The monoisotopic (exact) mass is 466 g/mol. The fourth-order valence-corrected chi connectivity index (χ4v) is 4.79. The van der Waals surface area contributed by atoms with Crippen molar-refractivity contribution in [2.75, 3.05) is 14.1 Å². The van der Waals surface area contributed by atoms with Crippen LogP contribution >= 0.6 is 11.3 Å². The summed E-state index contributed by atoms with van der Waals surface area (Å²) >= 11 is 1.68. The third-order valence-electron chi connectivity index (χ3n) is 5.74. The summed E-state index contributed by atoms with van der Waals surface area (Å²) in [5.41, 5.74) is 8.07. The van der Waals surface area contributed by atoms with Crippen molar-refractivity contribution in [1.29, 1.82) is 0 Å². The van der Waals surface area contributed by atoms with Crippen molar-refractivity contribution < 1.29 is 0 Å². The summed E-state index contributed by atoms with van der Waals surface area (Å²) in [5, 5.41) is 15.1. The number of fused-ring (bicyclic) bond motifs is 1. The second kappa shape index (κ2) is 9.21. The van der Waals surface area contributed by atoms with E-state index in [1.807, 2.05) is 51.9 Å². The molecule has 6 nitrogen and oxygen atoms in total. The smallest absolute Gasteiger partial charge is 0.116 e. The number of nitrogens with one attached hydrogen (secondary N) is 2. The molecule has 0 aliphatic heterocycles. The van der Waals surface area contributed by atoms with Crippen molar-refractivity contribution in [3.05, 3.63) is 82.0 Å². The fourth-order valence-electron chi connectivity index (χ4n) is 4.13. The molecule has 0 saturated heterocycles. The highest BCUT2D eigenvalue weighted by Crippen LogP contribution is 2.31. The van der Waals surface area contributed by atoms with E-state index >= 15 is 0 Å². The first-order chi connectivity index (χ1) is 16.5. The van der Waals surface area contributed by atoms with Crippen LogP contribution in [0.2, 0.25) is 0 Å². The SMILES string of the molecule is C=C(/C=c1/c(-c2cc3c(-c4ccsc4)cncc3[nH]2)n[nH]/c1=C/C)c1cncc(CN(C)C)c1. The number of rotatable bonds is 6. The highest BCUT2D eigenvalue weighted by Gasteiger charge is 2.13. The first kappa shape index (κ1) is 22.0. The van der Waals surface area contributed by atoms with Crippen molar-refractivity contribution in [3.8, 4) is 22.5 Å². The van der Waals surface area contributed by atoms with Gasteiger partial charge in [0.2, 0.25) is 0 Å². The largest absolute Gasteiger partial charge is 0.352 e. The number of hydrogen-bond donors (Lipinski definition) is 2. The Bertz CT molecular complexity index is 1590. The molecule has 0 radical (unpaired) electrons. The molecule has 0 unspecified atom stereocenters. The van der Waals surface area contributed by atoms with Gasteiger partial charge in [0.25, 0.3) is 0 Å². The quantitative estimate of drug-likeness (QED) is 0.388. The lowest BCUT2D eigenvalue weighted by Gasteiger charge is -2.10. The van der Waals surface area contributed by atoms with Crippen LogP contribution < -0.4 is 10.6 Å². The maximum absolute atomic E-state index is 4.65. The highest BCUT2D eigenvalue weighted by atomic mass is 32.1. The summed E-state index contributed by atoms with van der Waals surface area (Å²) in [4.78, 5) is 14.5. The van der Waals surface area contributed by atoms with Crippen molar-refractivity contribution in [2.24, 2.45) is 0 Å². The minimum absolute atomic E-state index is 0.828. The predicted octanol–water partition coefficient (Wildman–Crippen LogP) is 4.43. The number of nitrogens with zero attached hydrogens (tertiary/aromatic N) is 4. The lowest BCUT2D eigenvalue weighted by molar-refractivity contribution is 0.402. The highest BCUT2D eigenvalue weighted by molar-refractivity contribution is 7.08. The number of aromatic nitrogens is 5. The van der Waals surface area contributed by atoms with Gasteiger partial charge in [0, 0.05) is 41.3 Å². The molecule has 2 N–H and O–H groups in total. The maximum atomic E-state index is 4.65. The van der Waals surface area contributed by atoms with Crippen LogP contribution in [0.25, 0.3) is 51.1 Å². The third kappa shape index (κ3) is 4.23. The van der Waals surface area contributed by atoms with E-state index in [4.69, 9.17) is 0 Å². The summed E-state index contributed by atoms with van der Waals surface area (Å²) in [6.45, 7) is 7.17. The van der Waals surface area contributed by atoms with Gasteiger partial charge in [-0.15, -0.1) is 0 Å². The zero-order chi connectivity index (χ0) is 23.7. The summed E-state index contributed by atoms with van der Waals surface area (Å²) in [6.07, 6.45) is 11.6. The van der Waals surface area contributed by atoms with Gasteiger partial charge in [-0.3, -0.25) is 15.1 Å². The zero-order valence-electron chi connectivity index (χ0n) is 19.5. The third-order valence-corrected chi connectivity index (χ3v) is 6.42. The fraction of sp³-hybridized carbons (Fsp3) is 0.148. The molecule has 0 bridgehead atoms. The van der Waals surface area contributed by atoms with Crippen LogP contribution in [0, 0.1) is 0 Å². The molecule has 170 valence electrons. The molecular weight excluding hydrogens is 440 g/mol. The molecule has 5 aromatic heterocycles. The van der Waals surface area contributed by atoms with Crippen LogP contribution in [0.15, 0.2) is 60.3 Å². The second-order valence-electron chi connectivity index (χ2n) is 8.52. The number of thiophene rings is 1. The Balaban J connectivity index is 1.61. The summed E-state index contributed by atoms with van der Waals surface area (Å²) < 4.78 is 0. The van der Waals surface area contributed by atoms with Gasteiger partial charge in [-0.05, 0) is 78.3 Å². The van der Waals surface area contributed by atoms with Gasteiger partial charge in [0.1, 0.15) is 5.69 Å². The van der Waals surface area contributed by atoms with Crippen LogP contribution in [0.5, 0.6) is 0 Å². The van der Waals surface area contributed by atoms with E-state index in [2.05, 4.69) is 71.7 Å². The molecule has 0 amide bonds. The number of aromatic amines is 2. The van der Waals surface area contributed by atoms with E-state index in [0.29, 0.717) is 0 Å². The van der Waals surface area contributed by atoms with Crippen LogP contribution in [0.4, 0.5) is 0 Å². The van der Waals surface area contributed by atoms with Crippen LogP contribution in [-0.2, 0) is 6.54 Å². The van der Waals surface area contributed by atoms with E-state index in [1.54, 1.807) is 11.3 Å². The Morgan fingerprint density at radius 3 is 2.76 bits per heavy atom. The molecule has 34 heavy (non-hydrogen) atoms. The topological polar surface area (TPSA) is 73.5 Å². The first-order valence-electron chi connectivity index (χ1n) is 11.0. The van der Waals surface area contributed by atoms with Crippen LogP contribution in [0.1, 0.15) is 18.1 Å². The number of pyridine rings is 2. The maximum Gasteiger partial charge on any atom is 0.116 e. The molecule has 5 heterocycles. The van der Waals surface area contributed by atoms with Gasteiger partial charge in [0.15, 0.2) is 0 Å². The van der Waals surface area contributed by atoms with Crippen molar-refractivity contribution in [2.45, 2.75) is 13.5 Å². The molecule has 5 rings (SSSR count). The molecule has 0 aliphatic rings. The summed E-state index contributed by atoms with van der Waals surface area (Å²) in [5.74, 6) is 0. The first-order valence-corrected chi connectivity index (χ1v) is 12.0. The molecule has 0 fully saturated rings. The van der Waals surface area contributed by atoms with Gasteiger partial charge >= 0.3 is 0 Å². The van der Waals surface area contributed by atoms with Crippen molar-refractivity contribution in [1.82, 2.24) is 30.0 Å². The van der Waals surface area contributed by atoms with E-state index in [1.165, 1.54) is 5.56 Å². The Kier molecular flexibility index (Phi) is 5.96. The van der Waals surface area contributed by atoms with Gasteiger partial charge < -0.3 is 9.88 Å². The van der Waals surface area contributed by atoms with Crippen LogP contribution in [0.3, 0.4) is 0 Å². The molecule has 7 heteroatoms. The molecule has 0 aliphatic carbocycles. The average Bonchev–Trinajstić information content (AvgIpc) is 3.57. The standard InChI is InChI=1S/C27H26N6S/c1-5-24-22(8-17(2)20-9-18(11-28-12-20)15-33(3)4)27(32-31-24)25-10-21-23(19-6-7-34-16-19)13-29-14-26(21)30-25/h5-14,16,30-31H,2,15H2,1,3-4H3/b22-8+,24-5+. The Hall–Kier alpha value is -3.81. The normalized spacial score (nSPS) is 12.8. The van der Waals surface area contributed by atoms with Crippen molar-refractivity contribution >= 4 is 40.0 Å². The zero-order valence-corrected chi connectivity index (χ0v) is 20.3. The Morgan fingerprint density at radius 1 is 1.15 bits per heavy atom. The minimum atomic E-state index is 0.828. The lowest BCUT2D eigenvalue weighted by Crippen LogP contribution is -2.23. The van der Waals surface area contributed by atoms with Gasteiger partial charge in [0.05, 0.1) is 22.8 Å². The van der Waals surface area contributed by atoms with E-state index < -0.39 is 0 Å². The van der Waals surface area contributed by atoms with Gasteiger partial charge in [-0.1, -0.05) is 12.7 Å². The molecular formula is C27H26N6S. The van der Waals surface area contributed by atoms with Gasteiger partial charge in [-0.2, -0.15) is 16.4 Å². The molecule has 5 aromatic rings. The van der Waals surface area contributed by atoms with E-state index in [0.717, 1.165) is 61.7 Å².